The van der Waals surface area contributed by atoms with Crippen molar-refractivity contribution >= 4 is 15.7 Å². The first-order chi connectivity index (χ1) is 12.0. The van der Waals surface area contributed by atoms with Crippen LogP contribution in [0.15, 0.2) is 52.0 Å². The molecule has 1 amide bonds. The lowest BCUT2D eigenvalue weighted by Gasteiger charge is -2.30. The van der Waals surface area contributed by atoms with Crippen LogP contribution in [0, 0.1) is 0 Å². The summed E-state index contributed by atoms with van der Waals surface area (Å²) in [7, 11) is -3.54. The number of amides is 1. The van der Waals surface area contributed by atoms with E-state index in [9.17, 15) is 13.2 Å². The summed E-state index contributed by atoms with van der Waals surface area (Å²) in [6.45, 7) is 2.96. The van der Waals surface area contributed by atoms with Crippen molar-refractivity contribution in [3.8, 4) is 0 Å². The van der Waals surface area contributed by atoms with Crippen LogP contribution in [0.25, 0.3) is 0 Å². The van der Waals surface area contributed by atoms with Crippen LogP contribution in [0.4, 0.5) is 0 Å². The number of nitrogens with one attached hydrogen (secondary N) is 2. The summed E-state index contributed by atoms with van der Waals surface area (Å²) < 4.78 is 30.4. The first kappa shape index (κ1) is 17.7. The molecule has 1 aliphatic rings. The summed E-state index contributed by atoms with van der Waals surface area (Å²) in [5, 5.41) is 6.26. The maximum absolute atomic E-state index is 12.5. The SMILES string of the molecule is CC1NCCCC1NC(=O)c1occc1CS(=O)(=O)c1ccccc1. The molecule has 2 aromatic rings. The largest absolute Gasteiger partial charge is 0.459 e. The van der Waals surface area contributed by atoms with Crippen molar-refractivity contribution in [3.63, 3.8) is 0 Å². The predicted octanol–water partition coefficient (Wildman–Crippen LogP) is 2.12. The number of sulfone groups is 1. The van der Waals surface area contributed by atoms with Gasteiger partial charge in [0, 0.05) is 17.6 Å². The Morgan fingerprint density at radius 2 is 2.04 bits per heavy atom. The molecule has 3 rings (SSSR count). The quantitative estimate of drug-likeness (QED) is 0.851. The molecular formula is C18H22N2O4S. The van der Waals surface area contributed by atoms with E-state index in [1.807, 2.05) is 6.92 Å². The Morgan fingerprint density at radius 3 is 2.76 bits per heavy atom. The molecule has 1 aromatic carbocycles. The Bertz CT molecular complexity index is 830. The van der Waals surface area contributed by atoms with Crippen LogP contribution in [0.2, 0.25) is 0 Å². The highest BCUT2D eigenvalue weighted by Crippen LogP contribution is 2.20. The first-order valence-corrected chi connectivity index (χ1v) is 10.0. The van der Waals surface area contributed by atoms with Crippen molar-refractivity contribution in [1.82, 2.24) is 10.6 Å². The zero-order valence-electron chi connectivity index (χ0n) is 14.1. The van der Waals surface area contributed by atoms with E-state index in [0.29, 0.717) is 5.56 Å². The molecule has 1 saturated heterocycles. The molecule has 6 nitrogen and oxygen atoms in total. The van der Waals surface area contributed by atoms with Gasteiger partial charge in [0.15, 0.2) is 15.6 Å². The maximum atomic E-state index is 12.5. The normalized spacial score (nSPS) is 21.0. The van der Waals surface area contributed by atoms with Gasteiger partial charge in [-0.25, -0.2) is 8.42 Å². The maximum Gasteiger partial charge on any atom is 0.287 e. The second-order valence-electron chi connectivity index (χ2n) is 6.31. The molecule has 1 aromatic heterocycles. The van der Waals surface area contributed by atoms with Crippen LogP contribution in [0.1, 0.15) is 35.9 Å². The lowest BCUT2D eigenvalue weighted by molar-refractivity contribution is 0.0890. The van der Waals surface area contributed by atoms with Gasteiger partial charge in [-0.1, -0.05) is 18.2 Å². The van der Waals surface area contributed by atoms with E-state index in [-0.39, 0.29) is 34.4 Å². The van der Waals surface area contributed by atoms with Gasteiger partial charge >= 0.3 is 0 Å². The molecule has 7 heteroatoms. The van der Waals surface area contributed by atoms with Gasteiger partial charge in [0.2, 0.25) is 0 Å². The molecule has 134 valence electrons. The zero-order chi connectivity index (χ0) is 17.9. The molecule has 0 spiro atoms. The highest BCUT2D eigenvalue weighted by Gasteiger charge is 2.27. The van der Waals surface area contributed by atoms with Gasteiger partial charge < -0.3 is 15.1 Å². The summed E-state index contributed by atoms with van der Waals surface area (Å²) >= 11 is 0. The highest BCUT2D eigenvalue weighted by atomic mass is 32.2. The molecule has 2 heterocycles. The van der Waals surface area contributed by atoms with Crippen LogP contribution < -0.4 is 10.6 Å². The number of furan rings is 1. The molecule has 0 saturated carbocycles. The minimum atomic E-state index is -3.54. The molecule has 25 heavy (non-hydrogen) atoms. The van der Waals surface area contributed by atoms with Gasteiger partial charge in [-0.05, 0) is 44.5 Å². The molecule has 2 N–H and O–H groups in total. The second-order valence-corrected chi connectivity index (χ2v) is 8.30. The standard InChI is InChI=1S/C18H22N2O4S/c1-13-16(8-5-10-19-13)20-18(21)17-14(9-11-24-17)12-25(22,23)15-6-3-2-4-7-15/h2-4,6-7,9,11,13,16,19H,5,8,10,12H2,1H3,(H,20,21). The Balaban J connectivity index is 1.75. The van der Waals surface area contributed by atoms with E-state index in [4.69, 9.17) is 4.42 Å². The molecule has 0 aliphatic carbocycles. The fourth-order valence-corrected chi connectivity index (χ4v) is 4.41. The van der Waals surface area contributed by atoms with E-state index in [0.717, 1.165) is 19.4 Å². The lowest BCUT2D eigenvalue weighted by Crippen LogP contribution is -2.51. The molecule has 1 aliphatic heterocycles. The minimum Gasteiger partial charge on any atom is -0.459 e. The average Bonchev–Trinajstić information content (AvgIpc) is 3.05. The molecule has 2 unspecified atom stereocenters. The van der Waals surface area contributed by atoms with Gasteiger partial charge in [-0.15, -0.1) is 0 Å². The number of hydrogen-bond acceptors (Lipinski definition) is 5. The Hall–Kier alpha value is -2.12. The van der Waals surface area contributed by atoms with Gasteiger partial charge in [0.05, 0.1) is 16.9 Å². The number of hydrogen-bond donors (Lipinski definition) is 2. The summed E-state index contributed by atoms with van der Waals surface area (Å²) in [5.41, 5.74) is 0.373. The summed E-state index contributed by atoms with van der Waals surface area (Å²) in [4.78, 5) is 12.8. The second kappa shape index (κ2) is 7.41. The third-order valence-electron chi connectivity index (χ3n) is 4.48. The topological polar surface area (TPSA) is 88.4 Å². The Morgan fingerprint density at radius 1 is 1.28 bits per heavy atom. The van der Waals surface area contributed by atoms with E-state index in [1.54, 1.807) is 30.3 Å². The number of carbonyl (C=O) groups is 1. The van der Waals surface area contributed by atoms with E-state index < -0.39 is 9.84 Å². The third kappa shape index (κ3) is 4.11. The van der Waals surface area contributed by atoms with E-state index in [2.05, 4.69) is 10.6 Å². The fraction of sp³-hybridized carbons (Fsp3) is 0.389. The predicted molar refractivity (Wildman–Crippen MR) is 94.0 cm³/mol. The van der Waals surface area contributed by atoms with Gasteiger partial charge in [-0.3, -0.25) is 4.79 Å². The highest BCUT2D eigenvalue weighted by molar-refractivity contribution is 7.90. The van der Waals surface area contributed by atoms with Gasteiger partial charge in [-0.2, -0.15) is 0 Å². The smallest absolute Gasteiger partial charge is 0.287 e. The number of carbonyl (C=O) groups excluding carboxylic acids is 1. The summed E-state index contributed by atoms with van der Waals surface area (Å²) in [6.07, 6.45) is 3.23. The first-order valence-electron chi connectivity index (χ1n) is 8.36. The molecule has 0 radical (unpaired) electrons. The van der Waals surface area contributed by atoms with Crippen molar-refractivity contribution in [2.45, 2.75) is 42.5 Å². The van der Waals surface area contributed by atoms with Crippen molar-refractivity contribution in [1.29, 1.82) is 0 Å². The third-order valence-corrected chi connectivity index (χ3v) is 6.16. The van der Waals surface area contributed by atoms with Gasteiger partial charge in [0.1, 0.15) is 0 Å². The zero-order valence-corrected chi connectivity index (χ0v) is 14.9. The Kier molecular flexibility index (Phi) is 5.24. The average molecular weight is 362 g/mol. The van der Waals surface area contributed by atoms with Crippen molar-refractivity contribution in [2.24, 2.45) is 0 Å². The van der Waals surface area contributed by atoms with Crippen LogP contribution in [-0.2, 0) is 15.6 Å². The van der Waals surface area contributed by atoms with Crippen LogP contribution in [0.5, 0.6) is 0 Å². The van der Waals surface area contributed by atoms with Crippen molar-refractivity contribution in [3.05, 3.63) is 54.0 Å². The van der Waals surface area contributed by atoms with Gasteiger partial charge in [0.25, 0.3) is 5.91 Å². The molecule has 0 bridgehead atoms. The number of piperidine rings is 1. The van der Waals surface area contributed by atoms with Crippen LogP contribution in [-0.4, -0.2) is 33.0 Å². The van der Waals surface area contributed by atoms with Crippen LogP contribution in [0.3, 0.4) is 0 Å². The lowest BCUT2D eigenvalue weighted by atomic mass is 10.00. The van der Waals surface area contributed by atoms with Crippen molar-refractivity contribution in [2.75, 3.05) is 6.54 Å². The molecule has 2 atom stereocenters. The monoisotopic (exact) mass is 362 g/mol. The Labute approximate surface area is 147 Å². The van der Waals surface area contributed by atoms with Crippen LogP contribution >= 0.6 is 0 Å². The molecule has 1 fully saturated rings. The van der Waals surface area contributed by atoms with E-state index >= 15 is 0 Å². The minimum absolute atomic E-state index is 0.00457. The number of rotatable bonds is 5. The summed E-state index contributed by atoms with van der Waals surface area (Å²) in [6, 6.07) is 9.91. The number of benzene rings is 1. The summed E-state index contributed by atoms with van der Waals surface area (Å²) in [5.74, 6) is -0.574. The van der Waals surface area contributed by atoms with Crippen molar-refractivity contribution < 1.29 is 17.6 Å². The fourth-order valence-electron chi connectivity index (χ4n) is 3.04. The van der Waals surface area contributed by atoms with E-state index in [1.165, 1.54) is 12.3 Å². The molecular weight excluding hydrogens is 340 g/mol.